The Bertz CT molecular complexity index is 1220. The van der Waals surface area contributed by atoms with Crippen molar-refractivity contribution in [2.45, 2.75) is 26.4 Å². The lowest BCUT2D eigenvalue weighted by Crippen LogP contribution is -2.16. The van der Waals surface area contributed by atoms with Crippen LogP contribution in [0.15, 0.2) is 66.9 Å². The predicted octanol–water partition coefficient (Wildman–Crippen LogP) is 3.46. The lowest BCUT2D eigenvalue weighted by atomic mass is 10.0. The average Bonchev–Trinajstić information content (AvgIpc) is 3.18. The van der Waals surface area contributed by atoms with Crippen LogP contribution in [0.2, 0.25) is 0 Å². The number of aryl methyl sites for hydroxylation is 1. The number of carbonyl (C=O) groups excluding carboxylic acids is 1. The number of nitrogens with one attached hydrogen (secondary N) is 1. The number of carbonyl (C=O) groups is 1. The monoisotopic (exact) mass is 478 g/mol. The van der Waals surface area contributed by atoms with Crippen molar-refractivity contribution < 1.29 is 23.6 Å². The zero-order valence-corrected chi connectivity index (χ0v) is 19.6. The largest absolute Gasteiger partial charge is 0.493 e. The highest BCUT2D eigenvalue weighted by atomic mass is 32.2. The van der Waals surface area contributed by atoms with Crippen LogP contribution in [0, 0.1) is 6.92 Å². The van der Waals surface area contributed by atoms with Gasteiger partial charge < -0.3 is 14.6 Å². The number of rotatable bonds is 10. The van der Waals surface area contributed by atoms with Crippen LogP contribution in [-0.2, 0) is 28.8 Å². The van der Waals surface area contributed by atoms with E-state index in [1.807, 2.05) is 25.1 Å². The van der Waals surface area contributed by atoms with Gasteiger partial charge in [-0.2, -0.15) is 0 Å². The first-order chi connectivity index (χ1) is 16.5. The maximum Gasteiger partial charge on any atom is 0.257 e. The summed E-state index contributed by atoms with van der Waals surface area (Å²) in [5, 5.41) is 9.02. The van der Waals surface area contributed by atoms with E-state index in [-0.39, 0.29) is 12.5 Å². The van der Waals surface area contributed by atoms with Gasteiger partial charge in [0.2, 0.25) is 0 Å². The van der Waals surface area contributed by atoms with Gasteiger partial charge in [-0.3, -0.25) is 14.5 Å². The van der Waals surface area contributed by atoms with Crippen molar-refractivity contribution in [1.82, 2.24) is 9.71 Å². The molecule has 0 spiro atoms. The van der Waals surface area contributed by atoms with E-state index in [1.54, 1.807) is 30.5 Å². The molecule has 0 aliphatic carbocycles. The molecule has 2 heterocycles. The number of aromatic nitrogens is 1. The standard InChI is InChI=1S/C26H26N2O5S/c1-18-23(24(10-11-27-18)32-13-3-12-29)15-19-4-2-5-20(14-19)17-33-22-8-6-21(7-9-22)25-16-26(30)28-34(25)31/h2,4-11,14,16,29H,3,12-13,15,17H2,1H3,(H,28,30). The number of hydrogen-bond acceptors (Lipinski definition) is 6. The van der Waals surface area contributed by atoms with E-state index >= 15 is 0 Å². The molecular weight excluding hydrogens is 452 g/mol. The lowest BCUT2D eigenvalue weighted by Gasteiger charge is -2.14. The van der Waals surface area contributed by atoms with Gasteiger partial charge in [-0.1, -0.05) is 36.4 Å². The second kappa shape index (κ2) is 11.1. The number of amides is 1. The molecule has 0 saturated heterocycles. The first kappa shape index (κ1) is 23.7. The molecule has 3 aromatic rings. The van der Waals surface area contributed by atoms with Crippen molar-refractivity contribution in [3.63, 3.8) is 0 Å². The van der Waals surface area contributed by atoms with E-state index in [1.165, 1.54) is 6.08 Å². The molecular formula is C26H26N2O5S. The highest BCUT2D eigenvalue weighted by Crippen LogP contribution is 2.26. The minimum atomic E-state index is -1.51. The molecule has 0 bridgehead atoms. The molecule has 1 amide bonds. The van der Waals surface area contributed by atoms with Gasteiger partial charge in [0.05, 0.1) is 11.5 Å². The minimum absolute atomic E-state index is 0.0957. The van der Waals surface area contributed by atoms with Crippen LogP contribution in [0.5, 0.6) is 11.5 Å². The lowest BCUT2D eigenvalue weighted by molar-refractivity contribution is -0.114. The van der Waals surface area contributed by atoms with E-state index in [0.717, 1.165) is 33.7 Å². The average molecular weight is 479 g/mol. The Hall–Kier alpha value is -3.49. The van der Waals surface area contributed by atoms with E-state index in [4.69, 9.17) is 14.6 Å². The fourth-order valence-corrected chi connectivity index (χ4v) is 4.54. The molecule has 34 heavy (non-hydrogen) atoms. The summed E-state index contributed by atoms with van der Waals surface area (Å²) in [6.07, 6.45) is 4.34. The van der Waals surface area contributed by atoms with Crippen LogP contribution in [0.25, 0.3) is 4.91 Å². The van der Waals surface area contributed by atoms with Gasteiger partial charge in [-0.25, -0.2) is 4.21 Å². The number of hydrogen-bond donors (Lipinski definition) is 2. The SMILES string of the molecule is Cc1nccc(OCCCO)c1Cc1cccc(COc2ccc(C3=CC(=O)NS3=O)cc2)c1. The topological polar surface area (TPSA) is 97.8 Å². The van der Waals surface area contributed by atoms with Gasteiger partial charge in [-0.15, -0.1) is 0 Å². The van der Waals surface area contributed by atoms with Crippen molar-refractivity contribution in [1.29, 1.82) is 0 Å². The maximum absolute atomic E-state index is 11.9. The van der Waals surface area contributed by atoms with Gasteiger partial charge in [0.15, 0.2) is 11.0 Å². The van der Waals surface area contributed by atoms with Crippen molar-refractivity contribution in [3.8, 4) is 11.5 Å². The van der Waals surface area contributed by atoms with Crippen molar-refractivity contribution in [2.24, 2.45) is 0 Å². The Balaban J connectivity index is 1.41. The number of benzene rings is 2. The van der Waals surface area contributed by atoms with Crippen LogP contribution < -0.4 is 14.2 Å². The van der Waals surface area contributed by atoms with Crippen LogP contribution in [0.4, 0.5) is 0 Å². The molecule has 4 rings (SSSR count). The summed E-state index contributed by atoms with van der Waals surface area (Å²) in [6, 6.07) is 17.2. The number of pyridine rings is 1. The molecule has 2 aromatic carbocycles. The quantitative estimate of drug-likeness (QED) is 0.433. The zero-order valence-electron chi connectivity index (χ0n) is 18.8. The molecule has 176 valence electrons. The summed E-state index contributed by atoms with van der Waals surface area (Å²) in [5.74, 6) is 1.12. The maximum atomic E-state index is 11.9. The Morgan fingerprint density at radius 3 is 2.59 bits per heavy atom. The van der Waals surface area contributed by atoms with Gasteiger partial charge in [0.1, 0.15) is 18.1 Å². The van der Waals surface area contributed by atoms with Crippen LogP contribution in [0.1, 0.15) is 34.4 Å². The fraction of sp³-hybridized carbons (Fsp3) is 0.231. The van der Waals surface area contributed by atoms with Crippen molar-refractivity contribution >= 4 is 21.8 Å². The Morgan fingerprint density at radius 2 is 1.85 bits per heavy atom. The molecule has 1 aromatic heterocycles. The van der Waals surface area contributed by atoms with Gasteiger partial charge in [-0.05, 0) is 41.8 Å². The second-order valence-corrected chi connectivity index (χ2v) is 9.03. The van der Waals surface area contributed by atoms with Gasteiger partial charge >= 0.3 is 0 Å². The third-order valence-electron chi connectivity index (χ3n) is 5.36. The van der Waals surface area contributed by atoms with Crippen molar-refractivity contribution in [3.05, 3.63) is 94.8 Å². The Kier molecular flexibility index (Phi) is 7.72. The first-order valence-electron chi connectivity index (χ1n) is 11.0. The number of ether oxygens (including phenoxy) is 2. The molecule has 0 fully saturated rings. The summed E-state index contributed by atoms with van der Waals surface area (Å²) >= 11 is 0. The van der Waals surface area contributed by atoms with E-state index < -0.39 is 11.0 Å². The first-order valence-corrected chi connectivity index (χ1v) is 12.1. The summed E-state index contributed by atoms with van der Waals surface area (Å²) < 4.78 is 26.1. The molecule has 1 atom stereocenters. The molecule has 1 unspecified atom stereocenters. The van der Waals surface area contributed by atoms with Crippen LogP contribution >= 0.6 is 0 Å². The van der Waals surface area contributed by atoms with Gasteiger partial charge in [0.25, 0.3) is 5.91 Å². The Labute approximate surface area is 201 Å². The number of aliphatic hydroxyl groups is 1. The summed E-state index contributed by atoms with van der Waals surface area (Å²) in [4.78, 5) is 16.3. The highest BCUT2D eigenvalue weighted by Gasteiger charge is 2.20. The third-order valence-corrected chi connectivity index (χ3v) is 6.50. The molecule has 0 radical (unpaired) electrons. The molecule has 8 heteroatoms. The summed E-state index contributed by atoms with van der Waals surface area (Å²) in [7, 11) is -1.51. The summed E-state index contributed by atoms with van der Waals surface area (Å²) in [6.45, 7) is 2.92. The minimum Gasteiger partial charge on any atom is -0.493 e. The fourth-order valence-electron chi connectivity index (χ4n) is 3.62. The van der Waals surface area contributed by atoms with Gasteiger partial charge in [0, 0.05) is 43.0 Å². The normalized spacial score (nSPS) is 15.1. The highest BCUT2D eigenvalue weighted by molar-refractivity contribution is 7.93. The van der Waals surface area contributed by atoms with Crippen LogP contribution in [-0.4, -0.2) is 33.4 Å². The summed E-state index contributed by atoms with van der Waals surface area (Å²) in [5.41, 5.74) is 4.81. The van der Waals surface area contributed by atoms with E-state index in [2.05, 4.69) is 21.8 Å². The number of aliphatic hydroxyl groups excluding tert-OH is 1. The molecule has 1 aliphatic rings. The van der Waals surface area contributed by atoms with E-state index in [0.29, 0.717) is 36.7 Å². The molecule has 7 nitrogen and oxygen atoms in total. The predicted molar refractivity (Wildman–Crippen MR) is 130 cm³/mol. The smallest absolute Gasteiger partial charge is 0.257 e. The molecule has 1 aliphatic heterocycles. The molecule has 0 saturated carbocycles. The second-order valence-electron chi connectivity index (χ2n) is 7.85. The zero-order chi connectivity index (χ0) is 23.9. The van der Waals surface area contributed by atoms with Crippen molar-refractivity contribution in [2.75, 3.05) is 13.2 Å². The third kappa shape index (κ3) is 5.89. The number of nitrogens with zero attached hydrogens (tertiary/aromatic N) is 1. The van der Waals surface area contributed by atoms with Crippen LogP contribution in [0.3, 0.4) is 0 Å². The van der Waals surface area contributed by atoms with E-state index in [9.17, 15) is 9.00 Å². The Morgan fingerprint density at radius 1 is 1.06 bits per heavy atom. The molecule has 2 N–H and O–H groups in total.